The van der Waals surface area contributed by atoms with E-state index in [1.807, 2.05) is 19.9 Å². The minimum absolute atomic E-state index is 0.0143. The van der Waals surface area contributed by atoms with Crippen molar-refractivity contribution in [2.24, 2.45) is 5.92 Å². The molecule has 5 aromatic rings. The van der Waals surface area contributed by atoms with E-state index in [4.69, 9.17) is 4.74 Å². The van der Waals surface area contributed by atoms with Crippen LogP contribution in [0.4, 0.5) is 0 Å². The largest absolute Gasteiger partial charge is 0.508 e. The van der Waals surface area contributed by atoms with Crippen molar-refractivity contribution in [3.8, 4) is 5.75 Å². The number of aliphatic hydroxyl groups excluding tert-OH is 1. The Morgan fingerprint density at radius 1 is 0.670 bits per heavy atom. The van der Waals surface area contributed by atoms with Crippen molar-refractivity contribution in [1.29, 1.82) is 0 Å². The van der Waals surface area contributed by atoms with Crippen LogP contribution in [-0.4, -0.2) is 185 Å². The first-order valence-corrected chi connectivity index (χ1v) is 29.5. The number of phenols is 1. The van der Waals surface area contributed by atoms with Gasteiger partial charge in [-0.05, 0) is 88.6 Å². The van der Waals surface area contributed by atoms with Gasteiger partial charge in [0.2, 0.25) is 59.1 Å². The molecular weight excluding hydrogens is 1140 g/mol. The van der Waals surface area contributed by atoms with Crippen molar-refractivity contribution in [3.63, 3.8) is 0 Å². The predicted octanol–water partition coefficient (Wildman–Crippen LogP) is -0.757. The third-order valence-corrected chi connectivity index (χ3v) is 14.9. The topological polar surface area (TPSA) is 405 Å². The molecule has 0 spiro atoms. The van der Waals surface area contributed by atoms with Crippen LogP contribution in [0.1, 0.15) is 96.2 Å². The lowest BCUT2D eigenvalue weighted by atomic mass is 10.00. The summed E-state index contributed by atoms with van der Waals surface area (Å²) in [5.74, 6) is -7.39. The van der Waals surface area contributed by atoms with E-state index in [-0.39, 0.29) is 75.0 Å². The van der Waals surface area contributed by atoms with E-state index < -0.39 is 120 Å². The lowest BCUT2D eigenvalue weighted by Gasteiger charge is -2.31. The molecule has 5 heterocycles. The number of fused-ring (bicyclic) bond motifs is 1. The molecule has 88 heavy (non-hydrogen) atoms. The Morgan fingerprint density at radius 2 is 1.23 bits per heavy atom. The summed E-state index contributed by atoms with van der Waals surface area (Å²) >= 11 is 0. The van der Waals surface area contributed by atoms with E-state index in [2.05, 4.69) is 72.8 Å². The number of H-pyrrole nitrogens is 3. The van der Waals surface area contributed by atoms with Crippen LogP contribution in [-0.2, 0) is 78.4 Å². The second-order valence-corrected chi connectivity index (χ2v) is 23.4. The second-order valence-electron chi connectivity index (χ2n) is 23.4. The number of aromatic amines is 3. The average Bonchev–Trinajstić information content (AvgIpc) is 3.56. The molecule has 28 heteroatoms. The monoisotopic (exact) mass is 1220 g/mol. The van der Waals surface area contributed by atoms with Gasteiger partial charge in [-0.3, -0.25) is 47.9 Å². The standard InChI is InChI=1S/C60H81N15O13/c1-7-63-58(86)49-13-10-20-75(49)59(87)46(22-34-14-16-38(77)17-15-34)72-52(80)42(21-33(2)3)68-57(85)48(30-88-60(4,5)6)74-55(83)45(25-37-28-62-32-66-37)71-56(84)47(29-76)73-53(81)43(23-35-26-64-40-12-9-8-11-39(35)40)69-54(82)44(24-36-27-61-31-65-36)70-51(79)41-18-19-50(78)67-41/h8-9,11-12,14-17,26-28,31-33,41-49,64,76-77H,7,10,13,18-25,29-30H2,1-6H3,(H,61,65)(H,62,66)(H,63,86)(H,67,78)(H,68,85)(H,69,82)(H,70,79)(H,71,84)(H,72,80)(H,73,81)(H,74,83)/t41-,42-,43-,44-,45-,46-,47-,48+,49-/m0/s1. The Bertz CT molecular complexity index is 3220. The smallest absolute Gasteiger partial charge is 0.246 e. The number of benzene rings is 2. The van der Waals surface area contributed by atoms with Crippen LogP contribution < -0.4 is 47.9 Å². The number of hydrogen-bond donors (Lipinski definition) is 14. The molecule has 0 radical (unpaired) electrons. The number of aromatic nitrogens is 5. The Kier molecular flexibility index (Phi) is 23.3. The van der Waals surface area contributed by atoms with Gasteiger partial charge in [0.15, 0.2) is 0 Å². The molecular formula is C60H81N15O13. The van der Waals surface area contributed by atoms with E-state index in [1.54, 1.807) is 64.2 Å². The number of rotatable bonds is 30. The molecule has 0 bridgehead atoms. The molecule has 3 aromatic heterocycles. The third-order valence-electron chi connectivity index (χ3n) is 14.9. The second kappa shape index (κ2) is 30.9. The molecule has 0 unspecified atom stereocenters. The van der Waals surface area contributed by atoms with Crippen LogP contribution in [0.25, 0.3) is 10.9 Å². The summed E-state index contributed by atoms with van der Waals surface area (Å²) in [7, 11) is 0. The minimum atomic E-state index is -1.76. The number of likely N-dealkylation sites (N-methyl/N-ethyl adjacent to an activating group) is 1. The van der Waals surface area contributed by atoms with Gasteiger partial charge >= 0.3 is 0 Å². The van der Waals surface area contributed by atoms with Crippen LogP contribution in [0.15, 0.2) is 79.8 Å². The lowest BCUT2D eigenvalue weighted by Crippen LogP contribution is -2.62. The average molecular weight is 1220 g/mol. The molecule has 2 aliphatic rings. The van der Waals surface area contributed by atoms with Crippen LogP contribution in [0.2, 0.25) is 0 Å². The first-order chi connectivity index (χ1) is 42.0. The number of likely N-dealkylation sites (tertiary alicyclic amines) is 1. The van der Waals surface area contributed by atoms with Gasteiger partial charge in [-0.2, -0.15) is 0 Å². The van der Waals surface area contributed by atoms with Gasteiger partial charge < -0.3 is 82.7 Å². The highest BCUT2D eigenvalue weighted by atomic mass is 16.5. The van der Waals surface area contributed by atoms with Crippen molar-refractivity contribution >= 4 is 70.0 Å². The highest BCUT2D eigenvalue weighted by Gasteiger charge is 2.40. The number of amides is 10. The van der Waals surface area contributed by atoms with Crippen LogP contribution in [0.3, 0.4) is 0 Å². The van der Waals surface area contributed by atoms with E-state index in [9.17, 15) is 58.2 Å². The number of aromatic hydroxyl groups is 1. The van der Waals surface area contributed by atoms with E-state index in [0.717, 1.165) is 5.52 Å². The van der Waals surface area contributed by atoms with Crippen molar-refractivity contribution in [2.75, 3.05) is 26.3 Å². The molecule has 474 valence electrons. The summed E-state index contributed by atoms with van der Waals surface area (Å²) in [6.45, 7) is 9.73. The van der Waals surface area contributed by atoms with E-state index in [0.29, 0.717) is 47.3 Å². The molecule has 9 atom stereocenters. The summed E-state index contributed by atoms with van der Waals surface area (Å²) in [5.41, 5.74) is 1.83. The Balaban J connectivity index is 1.10. The Labute approximate surface area is 508 Å². The van der Waals surface area contributed by atoms with E-state index >= 15 is 0 Å². The van der Waals surface area contributed by atoms with Crippen molar-refractivity contribution in [3.05, 3.63) is 102 Å². The molecule has 0 saturated carbocycles. The maximum atomic E-state index is 14.7. The van der Waals surface area contributed by atoms with Crippen LogP contribution in [0, 0.1) is 5.92 Å². The number of para-hydroxylation sites is 1. The van der Waals surface area contributed by atoms with Gasteiger partial charge in [0.05, 0.1) is 31.5 Å². The number of carbonyl (C=O) groups excluding carboxylic acids is 10. The first-order valence-electron chi connectivity index (χ1n) is 29.5. The maximum absolute atomic E-state index is 14.7. The Morgan fingerprint density at radius 3 is 1.81 bits per heavy atom. The lowest BCUT2D eigenvalue weighted by molar-refractivity contribution is -0.142. The molecule has 28 nitrogen and oxygen atoms in total. The summed E-state index contributed by atoms with van der Waals surface area (Å²) in [5, 5.41) is 45.6. The first kappa shape index (κ1) is 66.3. The summed E-state index contributed by atoms with van der Waals surface area (Å²) in [6.07, 6.45) is 8.00. The van der Waals surface area contributed by atoms with Gasteiger partial charge in [-0.1, -0.05) is 44.2 Å². The van der Waals surface area contributed by atoms with E-state index in [1.165, 1.54) is 42.1 Å². The number of ether oxygens (including phenoxy) is 1. The molecule has 2 fully saturated rings. The zero-order valence-electron chi connectivity index (χ0n) is 50.2. The fourth-order valence-corrected chi connectivity index (χ4v) is 10.4. The quantitative estimate of drug-likeness (QED) is 0.0269. The van der Waals surface area contributed by atoms with Crippen molar-refractivity contribution in [2.45, 2.75) is 159 Å². The molecule has 14 N–H and O–H groups in total. The maximum Gasteiger partial charge on any atom is 0.246 e. The van der Waals surface area contributed by atoms with Crippen molar-refractivity contribution in [1.82, 2.24) is 77.7 Å². The third kappa shape index (κ3) is 18.9. The van der Waals surface area contributed by atoms with Gasteiger partial charge in [-0.25, -0.2) is 9.97 Å². The van der Waals surface area contributed by atoms with Gasteiger partial charge in [0, 0.05) is 86.1 Å². The fourth-order valence-electron chi connectivity index (χ4n) is 10.4. The molecule has 2 aromatic carbocycles. The summed E-state index contributed by atoms with van der Waals surface area (Å²) in [6, 6.07) is 1.50. The van der Waals surface area contributed by atoms with Gasteiger partial charge in [0.1, 0.15) is 60.1 Å². The zero-order chi connectivity index (χ0) is 63.7. The number of phenolic OH excluding ortho intramolecular Hbond substituents is 1. The highest BCUT2D eigenvalue weighted by molar-refractivity contribution is 5.99. The van der Waals surface area contributed by atoms with Gasteiger partial charge in [0.25, 0.3) is 0 Å². The SMILES string of the molecule is CCNC(=O)[C@@H]1CCCN1C(=O)[C@H](Cc1ccc(O)cc1)NC(=O)[C@H](CC(C)C)NC(=O)[C@@H](COC(C)(C)C)NC(=O)[C@H](Cc1cnc[nH]1)NC(=O)[C@H](CO)NC(=O)[C@H](Cc1c[nH]c2ccccc12)NC(=O)[C@H](Cc1cnc[nH]1)NC(=O)[C@@H]1CCC(=O)N1. The number of aliphatic hydroxyl groups is 1. The number of carbonyl (C=O) groups is 10. The molecule has 2 aliphatic heterocycles. The minimum Gasteiger partial charge on any atom is -0.508 e. The molecule has 2 saturated heterocycles. The molecule has 0 aliphatic carbocycles. The van der Waals surface area contributed by atoms with Crippen molar-refractivity contribution < 1.29 is 62.9 Å². The number of nitrogens with zero attached hydrogens (tertiary/aromatic N) is 3. The Hall–Kier alpha value is -9.18. The summed E-state index contributed by atoms with van der Waals surface area (Å²) < 4.78 is 6.04. The van der Waals surface area contributed by atoms with Crippen LogP contribution in [0.5, 0.6) is 5.75 Å². The molecule has 7 rings (SSSR count). The number of nitrogens with one attached hydrogen (secondary N) is 12. The van der Waals surface area contributed by atoms with Crippen LogP contribution >= 0.6 is 0 Å². The highest BCUT2D eigenvalue weighted by Crippen LogP contribution is 2.23. The summed E-state index contributed by atoms with van der Waals surface area (Å²) in [4.78, 5) is 159. The fraction of sp³-hybridized carbons (Fsp3) is 0.500. The zero-order valence-corrected chi connectivity index (χ0v) is 50.2. The normalized spacial score (nSPS) is 17.3. The number of hydrogen-bond acceptors (Lipinski definition) is 15. The number of imidazole rings is 2. The van der Waals surface area contributed by atoms with Gasteiger partial charge in [-0.15, -0.1) is 0 Å². The predicted molar refractivity (Wildman–Crippen MR) is 319 cm³/mol. The molecule has 10 amide bonds.